The van der Waals surface area contributed by atoms with Gasteiger partial charge in [-0.25, -0.2) is 9.29 Å². The number of halogens is 2. The Morgan fingerprint density at radius 3 is 2.58 bits per heavy atom. The smallest absolute Gasteiger partial charge is 0.247 e. The number of thioether (sulfide) groups is 1. The number of amides is 3. The SMILES string of the molecule is O=C(CS[C@H]1CC(=O)N(c2ccccc2F)C1=O)Nc1ccc(Cl)cc1. The minimum Gasteiger partial charge on any atom is -0.325 e. The zero-order chi connectivity index (χ0) is 18.7. The molecular formula is C18H14ClFN2O3S. The van der Waals surface area contributed by atoms with E-state index in [4.69, 9.17) is 11.6 Å². The quantitative estimate of drug-likeness (QED) is 0.791. The minimum atomic E-state index is -0.710. The summed E-state index contributed by atoms with van der Waals surface area (Å²) in [6.45, 7) is 0. The van der Waals surface area contributed by atoms with Crippen molar-refractivity contribution in [2.45, 2.75) is 11.7 Å². The van der Waals surface area contributed by atoms with Crippen LogP contribution in [0.15, 0.2) is 48.5 Å². The summed E-state index contributed by atoms with van der Waals surface area (Å²) in [6.07, 6.45) is -0.0634. The van der Waals surface area contributed by atoms with Gasteiger partial charge in [-0.15, -0.1) is 11.8 Å². The molecule has 1 N–H and O–H groups in total. The van der Waals surface area contributed by atoms with Gasteiger partial charge < -0.3 is 5.32 Å². The molecule has 0 aliphatic carbocycles. The highest BCUT2D eigenvalue weighted by atomic mass is 35.5. The van der Waals surface area contributed by atoms with Crippen molar-refractivity contribution in [1.82, 2.24) is 0 Å². The number of imide groups is 1. The number of benzene rings is 2. The maximum Gasteiger partial charge on any atom is 0.247 e. The van der Waals surface area contributed by atoms with Crippen LogP contribution in [-0.2, 0) is 14.4 Å². The van der Waals surface area contributed by atoms with E-state index in [0.717, 1.165) is 16.7 Å². The monoisotopic (exact) mass is 392 g/mol. The largest absolute Gasteiger partial charge is 0.325 e. The van der Waals surface area contributed by atoms with E-state index in [1.807, 2.05) is 0 Å². The van der Waals surface area contributed by atoms with Gasteiger partial charge in [0.05, 0.1) is 16.7 Å². The second-order valence-electron chi connectivity index (χ2n) is 5.58. The molecule has 0 spiro atoms. The Bertz CT molecular complexity index is 860. The van der Waals surface area contributed by atoms with Crippen molar-refractivity contribution >= 4 is 52.5 Å². The Labute approximate surface area is 158 Å². The van der Waals surface area contributed by atoms with Crippen LogP contribution in [0.3, 0.4) is 0 Å². The summed E-state index contributed by atoms with van der Waals surface area (Å²) < 4.78 is 13.9. The fraction of sp³-hybridized carbons (Fsp3) is 0.167. The Balaban J connectivity index is 1.60. The predicted octanol–water partition coefficient (Wildman–Crippen LogP) is 3.48. The number of hydrogen-bond donors (Lipinski definition) is 1. The van der Waals surface area contributed by atoms with Crippen LogP contribution in [0.4, 0.5) is 15.8 Å². The van der Waals surface area contributed by atoms with E-state index in [1.165, 1.54) is 18.2 Å². The number of anilines is 2. The third kappa shape index (κ3) is 4.05. The molecule has 3 amide bonds. The lowest BCUT2D eigenvalue weighted by molar-refractivity contribution is -0.121. The van der Waals surface area contributed by atoms with E-state index in [1.54, 1.807) is 30.3 Å². The number of nitrogens with one attached hydrogen (secondary N) is 1. The molecule has 1 saturated heterocycles. The van der Waals surface area contributed by atoms with Gasteiger partial charge in [0.1, 0.15) is 5.82 Å². The Hall–Kier alpha value is -2.38. The normalized spacial score (nSPS) is 16.8. The number of rotatable bonds is 5. The molecule has 1 fully saturated rings. The molecule has 0 bridgehead atoms. The first-order valence-electron chi connectivity index (χ1n) is 7.74. The number of carbonyl (C=O) groups is 3. The average molecular weight is 393 g/mol. The number of hydrogen-bond acceptors (Lipinski definition) is 4. The average Bonchev–Trinajstić information content (AvgIpc) is 2.89. The molecule has 26 heavy (non-hydrogen) atoms. The van der Waals surface area contributed by atoms with E-state index in [2.05, 4.69) is 5.32 Å². The number of para-hydroxylation sites is 1. The van der Waals surface area contributed by atoms with Crippen molar-refractivity contribution in [3.8, 4) is 0 Å². The van der Waals surface area contributed by atoms with Gasteiger partial charge in [0.2, 0.25) is 17.7 Å². The summed E-state index contributed by atoms with van der Waals surface area (Å²) in [6, 6.07) is 12.2. The van der Waals surface area contributed by atoms with E-state index < -0.39 is 22.9 Å². The van der Waals surface area contributed by atoms with Crippen LogP contribution < -0.4 is 10.2 Å². The zero-order valence-electron chi connectivity index (χ0n) is 13.4. The van der Waals surface area contributed by atoms with Crippen molar-refractivity contribution < 1.29 is 18.8 Å². The van der Waals surface area contributed by atoms with Gasteiger partial charge in [0, 0.05) is 17.1 Å². The van der Waals surface area contributed by atoms with E-state index >= 15 is 0 Å². The summed E-state index contributed by atoms with van der Waals surface area (Å²) in [7, 11) is 0. The summed E-state index contributed by atoms with van der Waals surface area (Å²) in [5.74, 6) is -1.93. The summed E-state index contributed by atoms with van der Waals surface area (Å²) in [4.78, 5) is 37.4. The van der Waals surface area contributed by atoms with Crippen LogP contribution in [0, 0.1) is 5.82 Å². The first-order valence-corrected chi connectivity index (χ1v) is 9.17. The Morgan fingerprint density at radius 2 is 1.88 bits per heavy atom. The first-order chi connectivity index (χ1) is 12.5. The van der Waals surface area contributed by atoms with Crippen LogP contribution in [-0.4, -0.2) is 28.7 Å². The second kappa shape index (κ2) is 7.88. The molecule has 3 rings (SSSR count). The molecule has 1 aliphatic rings. The standard InChI is InChI=1S/C18H14ClFN2O3S/c19-11-5-7-12(8-6-11)21-16(23)10-26-15-9-17(24)22(18(15)25)14-4-2-1-3-13(14)20/h1-8,15H,9-10H2,(H,21,23)/t15-/m0/s1. The van der Waals surface area contributed by atoms with Gasteiger partial charge in [0.25, 0.3) is 0 Å². The maximum atomic E-state index is 13.9. The fourth-order valence-corrected chi connectivity index (χ4v) is 3.59. The third-order valence-electron chi connectivity index (χ3n) is 3.74. The Morgan fingerprint density at radius 1 is 1.19 bits per heavy atom. The van der Waals surface area contributed by atoms with Crippen molar-refractivity contribution in [3.63, 3.8) is 0 Å². The number of carbonyl (C=O) groups excluding carboxylic acids is 3. The van der Waals surface area contributed by atoms with Crippen LogP contribution in [0.5, 0.6) is 0 Å². The van der Waals surface area contributed by atoms with Gasteiger partial charge >= 0.3 is 0 Å². The van der Waals surface area contributed by atoms with Crippen LogP contribution in [0.2, 0.25) is 5.02 Å². The van der Waals surface area contributed by atoms with Crippen molar-refractivity contribution in [1.29, 1.82) is 0 Å². The number of nitrogens with zero attached hydrogens (tertiary/aromatic N) is 1. The molecule has 0 aromatic heterocycles. The summed E-state index contributed by atoms with van der Waals surface area (Å²) >= 11 is 6.84. The third-order valence-corrected chi connectivity index (χ3v) is 5.19. The van der Waals surface area contributed by atoms with Gasteiger partial charge in [0.15, 0.2) is 0 Å². The van der Waals surface area contributed by atoms with Crippen LogP contribution >= 0.6 is 23.4 Å². The van der Waals surface area contributed by atoms with E-state index in [9.17, 15) is 18.8 Å². The van der Waals surface area contributed by atoms with Crippen molar-refractivity contribution in [2.75, 3.05) is 16.0 Å². The topological polar surface area (TPSA) is 66.5 Å². The lowest BCUT2D eigenvalue weighted by Gasteiger charge is -2.15. The second-order valence-corrected chi connectivity index (χ2v) is 7.21. The molecular weight excluding hydrogens is 379 g/mol. The first kappa shape index (κ1) is 18.4. The molecule has 134 valence electrons. The molecule has 0 radical (unpaired) electrons. The van der Waals surface area contributed by atoms with Gasteiger partial charge in [-0.3, -0.25) is 14.4 Å². The maximum absolute atomic E-state index is 13.9. The molecule has 8 heteroatoms. The lowest BCUT2D eigenvalue weighted by Crippen LogP contribution is -2.32. The summed E-state index contributed by atoms with van der Waals surface area (Å²) in [5, 5.41) is 2.53. The fourth-order valence-electron chi connectivity index (χ4n) is 2.53. The molecule has 1 aliphatic heterocycles. The van der Waals surface area contributed by atoms with Gasteiger partial charge in [-0.1, -0.05) is 23.7 Å². The molecule has 5 nitrogen and oxygen atoms in total. The lowest BCUT2D eigenvalue weighted by atomic mass is 10.3. The van der Waals surface area contributed by atoms with Crippen LogP contribution in [0.1, 0.15) is 6.42 Å². The van der Waals surface area contributed by atoms with E-state index in [0.29, 0.717) is 10.7 Å². The van der Waals surface area contributed by atoms with Crippen LogP contribution in [0.25, 0.3) is 0 Å². The summed E-state index contributed by atoms with van der Waals surface area (Å²) in [5.41, 5.74) is 0.526. The molecule has 0 saturated carbocycles. The van der Waals surface area contributed by atoms with E-state index in [-0.39, 0.29) is 23.8 Å². The van der Waals surface area contributed by atoms with Crippen molar-refractivity contribution in [2.24, 2.45) is 0 Å². The Kier molecular flexibility index (Phi) is 5.58. The predicted molar refractivity (Wildman–Crippen MR) is 99.8 cm³/mol. The van der Waals surface area contributed by atoms with Gasteiger partial charge in [-0.2, -0.15) is 0 Å². The highest BCUT2D eigenvalue weighted by Crippen LogP contribution is 2.31. The zero-order valence-corrected chi connectivity index (χ0v) is 15.0. The van der Waals surface area contributed by atoms with Crippen molar-refractivity contribution in [3.05, 3.63) is 59.4 Å². The molecule has 2 aromatic carbocycles. The van der Waals surface area contributed by atoms with Gasteiger partial charge in [-0.05, 0) is 36.4 Å². The molecule has 1 atom stereocenters. The minimum absolute atomic E-state index is 0.00255. The molecule has 2 aromatic rings. The molecule has 0 unspecified atom stereocenters. The highest BCUT2D eigenvalue weighted by molar-refractivity contribution is 8.01. The molecule has 1 heterocycles. The highest BCUT2D eigenvalue weighted by Gasteiger charge is 2.41.